The number of aliphatic hydroxyl groups excluding tert-OH is 1. The number of hydrogen-bond donors (Lipinski definition) is 2. The second-order valence-electron chi connectivity index (χ2n) is 7.49. The Morgan fingerprint density at radius 1 is 1.17 bits per heavy atom. The molecule has 0 atom stereocenters. The van der Waals surface area contributed by atoms with Crippen molar-refractivity contribution in [2.75, 3.05) is 39.3 Å². The summed E-state index contributed by atoms with van der Waals surface area (Å²) >= 11 is 12.4. The summed E-state index contributed by atoms with van der Waals surface area (Å²) in [6, 6.07) is 8.06. The Morgan fingerprint density at radius 3 is 2.53 bits per heavy atom. The van der Waals surface area contributed by atoms with Crippen LogP contribution >= 0.6 is 23.2 Å². The third-order valence-electron chi connectivity index (χ3n) is 5.58. The van der Waals surface area contributed by atoms with Gasteiger partial charge in [0.2, 0.25) is 5.78 Å². The quantitative estimate of drug-likeness (QED) is 0.675. The summed E-state index contributed by atoms with van der Waals surface area (Å²) in [5.74, 6) is 0.0238. The standard InChI is InChI=1S/C22H22Cl2N2O4/c23-17-2-1-3-18(24)15(17)12-20-21(29)14-4-5-19(28)16(22(14)30-20)13-26-8-6-25(7-9-26)10-11-27/h1-5,12,27-28H,6-11,13H2. The van der Waals surface area contributed by atoms with E-state index < -0.39 is 0 Å². The Morgan fingerprint density at radius 2 is 1.87 bits per heavy atom. The van der Waals surface area contributed by atoms with Gasteiger partial charge in [0.25, 0.3) is 0 Å². The van der Waals surface area contributed by atoms with Crippen LogP contribution in [0, 0.1) is 0 Å². The third kappa shape index (κ3) is 4.19. The van der Waals surface area contributed by atoms with E-state index in [0.29, 0.717) is 45.6 Å². The van der Waals surface area contributed by atoms with Crippen LogP contribution in [0.1, 0.15) is 21.5 Å². The number of rotatable bonds is 5. The van der Waals surface area contributed by atoms with Crippen LogP contribution in [-0.2, 0) is 6.54 Å². The number of halogens is 2. The molecule has 0 radical (unpaired) electrons. The van der Waals surface area contributed by atoms with Gasteiger partial charge in [-0.1, -0.05) is 41.1 Å². The molecule has 0 bridgehead atoms. The minimum Gasteiger partial charge on any atom is -0.872 e. The molecule has 0 unspecified atom stereocenters. The van der Waals surface area contributed by atoms with Gasteiger partial charge in [-0.3, -0.25) is 9.69 Å². The van der Waals surface area contributed by atoms with Crippen molar-refractivity contribution in [1.29, 1.82) is 0 Å². The molecular weight excluding hydrogens is 427 g/mol. The number of β-amino-alcohol motifs (C(OH)–C–C–N with tert-alkyl or cyclic N) is 1. The monoisotopic (exact) mass is 448 g/mol. The molecule has 4 rings (SSSR count). The molecule has 1 fully saturated rings. The summed E-state index contributed by atoms with van der Waals surface area (Å²) in [6.45, 7) is 4.72. The molecule has 2 aromatic rings. The SMILES string of the molecule is O=C1C(=Cc2c(Cl)cccc2Cl)Oc2c1ccc([O-])c2C[NH+]1CCN(CCO)CC1. The Balaban J connectivity index is 1.58. The Labute approximate surface area is 184 Å². The van der Waals surface area contributed by atoms with Crippen molar-refractivity contribution in [3.63, 3.8) is 0 Å². The van der Waals surface area contributed by atoms with E-state index in [4.69, 9.17) is 33.0 Å². The zero-order valence-electron chi connectivity index (χ0n) is 16.3. The van der Waals surface area contributed by atoms with E-state index >= 15 is 0 Å². The summed E-state index contributed by atoms with van der Waals surface area (Å²) in [5, 5.41) is 22.5. The number of ketones is 1. The molecule has 2 aliphatic heterocycles. The van der Waals surface area contributed by atoms with E-state index in [1.807, 2.05) is 0 Å². The molecule has 0 amide bonds. The lowest BCUT2D eigenvalue weighted by Gasteiger charge is -2.32. The highest BCUT2D eigenvalue weighted by Crippen LogP contribution is 2.39. The van der Waals surface area contributed by atoms with E-state index in [-0.39, 0.29) is 23.9 Å². The highest BCUT2D eigenvalue weighted by Gasteiger charge is 2.32. The van der Waals surface area contributed by atoms with Gasteiger partial charge in [0, 0.05) is 40.8 Å². The maximum Gasteiger partial charge on any atom is 0.231 e. The Hall–Kier alpha value is -2.09. The maximum atomic E-state index is 12.9. The zero-order valence-corrected chi connectivity index (χ0v) is 17.8. The first-order valence-corrected chi connectivity index (χ1v) is 10.6. The number of piperazine rings is 1. The van der Waals surface area contributed by atoms with Gasteiger partial charge in [-0.2, -0.15) is 0 Å². The summed E-state index contributed by atoms with van der Waals surface area (Å²) in [7, 11) is 0. The molecule has 2 aromatic carbocycles. The smallest absolute Gasteiger partial charge is 0.231 e. The maximum absolute atomic E-state index is 12.9. The minimum absolute atomic E-state index is 0.106. The van der Waals surface area contributed by atoms with Gasteiger partial charge in [-0.25, -0.2) is 0 Å². The second-order valence-corrected chi connectivity index (χ2v) is 8.30. The van der Waals surface area contributed by atoms with Crippen molar-refractivity contribution >= 4 is 35.1 Å². The molecular formula is C22H22Cl2N2O4. The van der Waals surface area contributed by atoms with Gasteiger partial charge in [-0.15, -0.1) is 0 Å². The average Bonchev–Trinajstić information content (AvgIpc) is 3.04. The number of fused-ring (bicyclic) bond motifs is 1. The molecule has 6 nitrogen and oxygen atoms in total. The summed E-state index contributed by atoms with van der Waals surface area (Å²) in [6.07, 6.45) is 1.53. The molecule has 8 heteroatoms. The number of Topliss-reactive ketones (excluding diaryl/α,β-unsaturated/α-hetero) is 1. The lowest BCUT2D eigenvalue weighted by molar-refractivity contribution is -0.918. The molecule has 2 aliphatic rings. The molecule has 2 heterocycles. The number of hydrogen-bond acceptors (Lipinski definition) is 5. The van der Waals surface area contributed by atoms with Crippen LogP contribution in [-0.4, -0.2) is 55.1 Å². The zero-order chi connectivity index (χ0) is 21.3. The molecule has 0 aliphatic carbocycles. The minimum atomic E-state index is -0.287. The number of aliphatic hydroxyl groups is 1. The topological polar surface area (TPSA) is 77.3 Å². The van der Waals surface area contributed by atoms with Crippen molar-refractivity contribution < 1.29 is 24.6 Å². The second kappa shape index (κ2) is 8.96. The number of benzene rings is 2. The number of carbonyl (C=O) groups is 1. The molecule has 2 N–H and O–H groups in total. The fourth-order valence-electron chi connectivity index (χ4n) is 3.90. The van der Waals surface area contributed by atoms with Crippen molar-refractivity contribution in [3.05, 3.63) is 62.8 Å². The van der Waals surface area contributed by atoms with Gasteiger partial charge in [0.05, 0.1) is 25.3 Å². The average molecular weight is 449 g/mol. The lowest BCUT2D eigenvalue weighted by Crippen LogP contribution is -3.13. The van der Waals surface area contributed by atoms with Crippen LogP contribution in [0.3, 0.4) is 0 Å². The normalized spacial score (nSPS) is 18.6. The fourth-order valence-corrected chi connectivity index (χ4v) is 4.40. The molecule has 1 saturated heterocycles. The van der Waals surface area contributed by atoms with E-state index in [0.717, 1.165) is 26.2 Å². The fraction of sp³-hybridized carbons (Fsp3) is 0.318. The van der Waals surface area contributed by atoms with Crippen LogP contribution in [0.4, 0.5) is 0 Å². The van der Waals surface area contributed by atoms with E-state index in [2.05, 4.69) is 4.90 Å². The van der Waals surface area contributed by atoms with Gasteiger partial charge < -0.3 is 19.8 Å². The van der Waals surface area contributed by atoms with Gasteiger partial charge in [-0.05, 0) is 24.3 Å². The number of allylic oxidation sites excluding steroid dienone is 1. The number of ether oxygens (including phenoxy) is 1. The first-order valence-electron chi connectivity index (χ1n) is 9.86. The molecule has 30 heavy (non-hydrogen) atoms. The predicted molar refractivity (Wildman–Crippen MR) is 113 cm³/mol. The van der Waals surface area contributed by atoms with E-state index in [1.165, 1.54) is 23.1 Å². The van der Waals surface area contributed by atoms with Crippen LogP contribution in [0.5, 0.6) is 11.5 Å². The first-order chi connectivity index (χ1) is 14.5. The van der Waals surface area contributed by atoms with Gasteiger partial charge >= 0.3 is 0 Å². The third-order valence-corrected chi connectivity index (χ3v) is 6.24. The van der Waals surface area contributed by atoms with Crippen molar-refractivity contribution in [1.82, 2.24) is 4.90 Å². The van der Waals surface area contributed by atoms with Gasteiger partial charge in [0.15, 0.2) is 5.76 Å². The molecule has 0 saturated carbocycles. The van der Waals surface area contributed by atoms with Crippen molar-refractivity contribution in [2.45, 2.75) is 6.54 Å². The largest absolute Gasteiger partial charge is 0.872 e. The molecule has 0 aromatic heterocycles. The number of nitrogens with zero attached hydrogens (tertiary/aromatic N) is 1. The summed E-state index contributed by atoms with van der Waals surface area (Å²) in [5.41, 5.74) is 1.41. The summed E-state index contributed by atoms with van der Waals surface area (Å²) in [4.78, 5) is 16.3. The summed E-state index contributed by atoms with van der Waals surface area (Å²) < 4.78 is 5.88. The van der Waals surface area contributed by atoms with Crippen LogP contribution in [0.25, 0.3) is 6.08 Å². The van der Waals surface area contributed by atoms with E-state index in [1.54, 1.807) is 18.2 Å². The van der Waals surface area contributed by atoms with Crippen LogP contribution < -0.4 is 14.7 Å². The Kier molecular flexibility index (Phi) is 6.32. The predicted octanol–water partition coefficient (Wildman–Crippen LogP) is 1.38. The Bertz CT molecular complexity index is 981. The van der Waals surface area contributed by atoms with Crippen LogP contribution in [0.15, 0.2) is 36.1 Å². The van der Waals surface area contributed by atoms with Crippen LogP contribution in [0.2, 0.25) is 10.0 Å². The number of carbonyl (C=O) groups excluding carboxylic acids is 1. The van der Waals surface area contributed by atoms with Crippen molar-refractivity contribution in [2.24, 2.45) is 0 Å². The van der Waals surface area contributed by atoms with E-state index in [9.17, 15) is 9.90 Å². The number of quaternary nitrogens is 1. The van der Waals surface area contributed by atoms with Gasteiger partial charge in [0.1, 0.15) is 12.3 Å². The number of nitrogens with one attached hydrogen (secondary N) is 1. The molecule has 158 valence electrons. The molecule has 0 spiro atoms. The highest BCUT2D eigenvalue weighted by molar-refractivity contribution is 6.37. The highest BCUT2D eigenvalue weighted by atomic mass is 35.5. The first kappa shape index (κ1) is 21.2. The lowest BCUT2D eigenvalue weighted by atomic mass is 10.0. The van der Waals surface area contributed by atoms with Crippen molar-refractivity contribution in [3.8, 4) is 11.5 Å².